The van der Waals surface area contributed by atoms with Crippen LogP contribution in [0.15, 0.2) is 35.3 Å². The van der Waals surface area contributed by atoms with Gasteiger partial charge in [0.25, 0.3) is 0 Å². The maximum Gasteiger partial charge on any atom is 0.336 e. The number of hydrogen-bond acceptors (Lipinski definition) is 4. The molecule has 0 aliphatic rings. The average molecular weight is 386 g/mol. The molecule has 1 aromatic carbocycles. The summed E-state index contributed by atoms with van der Waals surface area (Å²) in [7, 11) is -7.47. The lowest BCUT2D eigenvalue weighted by Gasteiger charge is -2.34. The summed E-state index contributed by atoms with van der Waals surface area (Å²) >= 11 is 0. The fourth-order valence-electron chi connectivity index (χ4n) is 2.25. The van der Waals surface area contributed by atoms with Crippen molar-refractivity contribution in [3.63, 3.8) is 0 Å². The van der Waals surface area contributed by atoms with Crippen LogP contribution in [0.25, 0.3) is 0 Å². The lowest BCUT2D eigenvalue weighted by Crippen LogP contribution is -2.33. The van der Waals surface area contributed by atoms with E-state index in [2.05, 4.69) is 4.99 Å². The van der Waals surface area contributed by atoms with Gasteiger partial charge in [0.15, 0.2) is 22.4 Å². The summed E-state index contributed by atoms with van der Waals surface area (Å²) < 4.78 is 26.1. The molecule has 0 aromatic heterocycles. The van der Waals surface area contributed by atoms with E-state index in [0.29, 0.717) is 6.42 Å². The van der Waals surface area contributed by atoms with Gasteiger partial charge < -0.3 is 8.43 Å². The van der Waals surface area contributed by atoms with Gasteiger partial charge in [-0.1, -0.05) is 30.3 Å². The minimum atomic E-state index is -3.36. The molecule has 0 aliphatic carbocycles. The van der Waals surface area contributed by atoms with Crippen LogP contribution in [0.3, 0.4) is 0 Å². The van der Waals surface area contributed by atoms with Crippen LogP contribution in [0.5, 0.6) is 0 Å². The van der Waals surface area contributed by atoms with E-state index >= 15 is 0 Å². The molecule has 1 rings (SSSR count). The van der Waals surface area contributed by atoms with Crippen molar-refractivity contribution < 1.29 is 13.0 Å². The van der Waals surface area contributed by atoms with E-state index in [4.69, 9.17) is 8.43 Å². The lowest BCUT2D eigenvalue weighted by atomic mass is 10.1. The van der Waals surface area contributed by atoms with Crippen molar-refractivity contribution in [3.05, 3.63) is 35.9 Å². The first-order valence-corrected chi connectivity index (χ1v) is 16.8. The molecule has 0 aliphatic heterocycles. The third-order valence-corrected chi connectivity index (χ3v) is 10.3. The topological polar surface area (TPSA) is 47.9 Å². The van der Waals surface area contributed by atoms with Gasteiger partial charge in [0.05, 0.1) is 0 Å². The van der Waals surface area contributed by atoms with Crippen LogP contribution < -0.4 is 0 Å². The molecule has 7 heteroatoms. The molecule has 0 fully saturated rings. The van der Waals surface area contributed by atoms with Gasteiger partial charge in [-0.3, -0.25) is 9.56 Å². The Morgan fingerprint density at radius 3 is 1.83 bits per heavy atom. The van der Waals surface area contributed by atoms with E-state index in [1.807, 2.05) is 83.5 Å². The number of aliphatic imine (C=N–C) groups is 1. The van der Waals surface area contributed by atoms with Crippen molar-refractivity contribution in [1.29, 1.82) is 0 Å². The number of rotatable bonds is 8. The van der Waals surface area contributed by atoms with E-state index in [-0.39, 0.29) is 0 Å². The Morgan fingerprint density at radius 1 is 1.00 bits per heavy atom. The van der Waals surface area contributed by atoms with Crippen molar-refractivity contribution in [3.8, 4) is 0 Å². The Bertz CT molecular complexity index is 583. The SMILES string of the molecule is CC(C)=NC(Cc1ccccc1)P(=O)(O[Si](C)(C)C)O[Si](C)(C)C. The zero-order valence-corrected chi connectivity index (χ0v) is 19.2. The quantitative estimate of drug-likeness (QED) is 0.316. The molecule has 1 atom stereocenters. The van der Waals surface area contributed by atoms with Crippen molar-refractivity contribution in [2.24, 2.45) is 4.99 Å². The van der Waals surface area contributed by atoms with Crippen molar-refractivity contribution in [1.82, 2.24) is 0 Å². The number of benzene rings is 1. The molecule has 0 spiro atoms. The van der Waals surface area contributed by atoms with Crippen LogP contribution in [0.4, 0.5) is 0 Å². The van der Waals surface area contributed by atoms with E-state index in [1.54, 1.807) is 0 Å². The predicted molar refractivity (Wildman–Crippen MR) is 109 cm³/mol. The molecule has 4 nitrogen and oxygen atoms in total. The Kier molecular flexibility index (Phi) is 7.38. The summed E-state index contributed by atoms with van der Waals surface area (Å²) in [4.78, 5) is 4.66. The molecular formula is C17H32NO3PSi2. The molecule has 0 saturated heterocycles. The van der Waals surface area contributed by atoms with Crippen LogP contribution >= 0.6 is 7.60 Å². The highest BCUT2D eigenvalue weighted by Gasteiger charge is 2.43. The molecule has 0 N–H and O–H groups in total. The Balaban J connectivity index is 3.28. The Morgan fingerprint density at radius 2 is 1.46 bits per heavy atom. The van der Waals surface area contributed by atoms with Crippen molar-refractivity contribution in [2.75, 3.05) is 0 Å². The fraction of sp³-hybridized carbons (Fsp3) is 0.588. The summed E-state index contributed by atoms with van der Waals surface area (Å²) in [6.45, 7) is 16.1. The third-order valence-electron chi connectivity index (χ3n) is 2.84. The molecule has 0 amide bonds. The molecular weight excluding hydrogens is 353 g/mol. The fourth-order valence-corrected chi connectivity index (χ4v) is 10.6. The largest absolute Gasteiger partial charge is 0.350 e. The second-order valence-corrected chi connectivity index (χ2v) is 19.8. The smallest absolute Gasteiger partial charge is 0.336 e. The molecule has 0 bridgehead atoms. The maximum atomic E-state index is 13.8. The summed E-state index contributed by atoms with van der Waals surface area (Å²) in [6, 6.07) is 10.0. The van der Waals surface area contributed by atoms with Gasteiger partial charge in [-0.2, -0.15) is 0 Å². The number of nitrogens with zero attached hydrogens (tertiary/aromatic N) is 1. The maximum absolute atomic E-state index is 13.8. The monoisotopic (exact) mass is 385 g/mol. The third kappa shape index (κ3) is 8.03. The van der Waals surface area contributed by atoms with Gasteiger partial charge in [-0.05, 0) is 58.7 Å². The van der Waals surface area contributed by atoms with Crippen LogP contribution in [0.1, 0.15) is 19.4 Å². The first-order chi connectivity index (χ1) is 10.8. The highest BCUT2D eigenvalue weighted by molar-refractivity contribution is 7.57. The van der Waals surface area contributed by atoms with Gasteiger partial charge in [0, 0.05) is 12.1 Å². The highest BCUT2D eigenvalue weighted by Crippen LogP contribution is 2.58. The van der Waals surface area contributed by atoms with Crippen LogP contribution in [-0.4, -0.2) is 28.1 Å². The molecule has 0 radical (unpaired) electrons. The zero-order chi connectivity index (χ0) is 18.6. The Hall–Kier alpha value is -0.526. The van der Waals surface area contributed by atoms with E-state index in [9.17, 15) is 4.57 Å². The molecule has 0 heterocycles. The standard InChI is InChI=1S/C17H32NO3PSi2/c1-15(2)18-17(14-16-12-10-9-11-13-16)22(19,20-23(3,4)5)21-24(6,7)8/h9-13,17H,14H2,1-8H3. The van der Waals surface area contributed by atoms with Crippen molar-refractivity contribution >= 4 is 29.9 Å². The lowest BCUT2D eigenvalue weighted by molar-refractivity contribution is 0.368. The van der Waals surface area contributed by atoms with Crippen LogP contribution in [0, 0.1) is 0 Å². The second kappa shape index (κ2) is 8.24. The summed E-state index contributed by atoms with van der Waals surface area (Å²) in [6.07, 6.45) is 0.554. The van der Waals surface area contributed by atoms with Crippen LogP contribution in [-0.2, 0) is 19.4 Å². The van der Waals surface area contributed by atoms with E-state index in [1.165, 1.54) is 0 Å². The normalized spacial score (nSPS) is 14.3. The molecule has 136 valence electrons. The molecule has 0 saturated carbocycles. The first-order valence-electron chi connectivity index (χ1n) is 8.37. The van der Waals surface area contributed by atoms with Crippen LogP contribution in [0.2, 0.25) is 39.3 Å². The summed E-state index contributed by atoms with van der Waals surface area (Å²) in [5, 5.41) is 0. The Labute approximate surface area is 149 Å². The van der Waals surface area contributed by atoms with E-state index in [0.717, 1.165) is 11.3 Å². The van der Waals surface area contributed by atoms with Gasteiger partial charge >= 0.3 is 7.60 Å². The average Bonchev–Trinajstić information content (AvgIpc) is 2.34. The van der Waals surface area contributed by atoms with Crippen molar-refractivity contribution in [2.45, 2.75) is 65.3 Å². The molecule has 1 aromatic rings. The van der Waals surface area contributed by atoms with E-state index < -0.39 is 30.0 Å². The minimum Gasteiger partial charge on any atom is -0.350 e. The summed E-state index contributed by atoms with van der Waals surface area (Å²) in [5.74, 6) is -0.497. The van der Waals surface area contributed by atoms with Gasteiger partial charge in [0.2, 0.25) is 0 Å². The van der Waals surface area contributed by atoms with Gasteiger partial charge in [-0.15, -0.1) is 0 Å². The second-order valence-electron chi connectivity index (χ2n) is 8.19. The minimum absolute atomic E-state index is 0.497. The first kappa shape index (κ1) is 21.5. The predicted octanol–water partition coefficient (Wildman–Crippen LogP) is 5.93. The molecule has 1 unspecified atom stereocenters. The highest BCUT2D eigenvalue weighted by atomic mass is 31.2. The van der Waals surface area contributed by atoms with Gasteiger partial charge in [-0.25, -0.2) is 0 Å². The molecule has 24 heavy (non-hydrogen) atoms. The number of hydrogen-bond donors (Lipinski definition) is 0. The zero-order valence-electron chi connectivity index (χ0n) is 16.3. The van der Waals surface area contributed by atoms with Gasteiger partial charge in [0.1, 0.15) is 0 Å². The summed E-state index contributed by atoms with van der Waals surface area (Å²) in [5.41, 5.74) is 1.97.